The molecule has 0 amide bonds. The molecule has 4 nitrogen and oxygen atoms in total. The van der Waals surface area contributed by atoms with E-state index in [2.05, 4.69) is 10.3 Å². The van der Waals surface area contributed by atoms with Crippen molar-refractivity contribution in [2.45, 2.75) is 0 Å². The summed E-state index contributed by atoms with van der Waals surface area (Å²) in [6.45, 7) is -0.0744. The third-order valence-electron chi connectivity index (χ3n) is 1.80. The third-order valence-corrected chi connectivity index (χ3v) is 2.62. The van der Waals surface area contributed by atoms with E-state index in [4.69, 9.17) is 5.11 Å². The molecule has 72 valence electrons. The minimum Gasteiger partial charge on any atom is -0.480 e. The van der Waals surface area contributed by atoms with Gasteiger partial charge in [-0.3, -0.25) is 4.79 Å². The number of carboxylic acids is 1. The van der Waals surface area contributed by atoms with E-state index in [1.165, 1.54) is 11.3 Å². The van der Waals surface area contributed by atoms with E-state index in [-0.39, 0.29) is 6.54 Å². The molecule has 2 rings (SSSR count). The third kappa shape index (κ3) is 1.67. The average Bonchev–Trinajstić information content (AvgIpc) is 2.62. The van der Waals surface area contributed by atoms with Gasteiger partial charge in [-0.1, -0.05) is 0 Å². The Balaban J connectivity index is 2.32. The number of nitrogens with one attached hydrogen (secondary N) is 1. The molecule has 0 aliphatic rings. The minimum atomic E-state index is -0.870. The van der Waals surface area contributed by atoms with E-state index in [0.717, 1.165) is 15.9 Å². The van der Waals surface area contributed by atoms with Gasteiger partial charge in [-0.25, -0.2) is 4.98 Å². The lowest BCUT2D eigenvalue weighted by atomic mass is 10.3. The van der Waals surface area contributed by atoms with E-state index in [9.17, 15) is 4.79 Å². The van der Waals surface area contributed by atoms with Crippen LogP contribution in [0.3, 0.4) is 0 Å². The summed E-state index contributed by atoms with van der Waals surface area (Å²) in [6.07, 6.45) is 1.67. The first-order valence-corrected chi connectivity index (χ1v) is 4.93. The van der Waals surface area contributed by atoms with Crippen LogP contribution in [-0.4, -0.2) is 22.6 Å². The summed E-state index contributed by atoms with van der Waals surface area (Å²) in [5.41, 5.74) is 0.818. The number of nitrogens with zero attached hydrogens (tertiary/aromatic N) is 1. The highest BCUT2D eigenvalue weighted by Crippen LogP contribution is 2.25. The molecule has 0 spiro atoms. The van der Waals surface area contributed by atoms with Crippen LogP contribution in [0, 0.1) is 0 Å². The topological polar surface area (TPSA) is 62.2 Å². The summed E-state index contributed by atoms with van der Waals surface area (Å²) in [5, 5.41) is 14.3. The summed E-state index contributed by atoms with van der Waals surface area (Å²) >= 11 is 1.54. The zero-order chi connectivity index (χ0) is 9.97. The summed E-state index contributed by atoms with van der Waals surface area (Å²) in [6, 6.07) is 3.70. The van der Waals surface area contributed by atoms with Gasteiger partial charge in [-0.05, 0) is 17.5 Å². The highest BCUT2D eigenvalue weighted by molar-refractivity contribution is 7.16. The number of aliphatic carboxylic acids is 1. The molecule has 2 N–H and O–H groups in total. The molecule has 0 aromatic carbocycles. The fourth-order valence-corrected chi connectivity index (χ4v) is 1.96. The molecule has 2 aromatic rings. The van der Waals surface area contributed by atoms with Crippen LogP contribution in [0.5, 0.6) is 0 Å². The van der Waals surface area contributed by atoms with E-state index >= 15 is 0 Å². The Morgan fingerprint density at radius 3 is 3.21 bits per heavy atom. The molecule has 0 saturated heterocycles. The summed E-state index contributed by atoms with van der Waals surface area (Å²) in [4.78, 5) is 15.4. The van der Waals surface area contributed by atoms with Crippen LogP contribution in [0.15, 0.2) is 23.7 Å². The SMILES string of the molecule is O=C(O)CNc1ccnc2sccc12. The number of rotatable bonds is 3. The number of aromatic nitrogens is 1. The molecule has 0 aliphatic heterocycles. The van der Waals surface area contributed by atoms with Gasteiger partial charge in [0.25, 0.3) is 0 Å². The number of carbonyl (C=O) groups is 1. The Labute approximate surface area is 84.2 Å². The molecule has 0 fully saturated rings. The predicted octanol–water partition coefficient (Wildman–Crippen LogP) is 1.79. The molecule has 0 radical (unpaired) electrons. The predicted molar refractivity (Wildman–Crippen MR) is 55.7 cm³/mol. The normalized spacial score (nSPS) is 10.3. The van der Waals surface area contributed by atoms with Gasteiger partial charge in [0.1, 0.15) is 11.4 Å². The Kier molecular flexibility index (Phi) is 2.32. The molecule has 0 aliphatic carbocycles. The second-order valence-electron chi connectivity index (χ2n) is 2.75. The van der Waals surface area contributed by atoms with Gasteiger partial charge in [0, 0.05) is 17.3 Å². The van der Waals surface area contributed by atoms with Crippen molar-refractivity contribution in [2.75, 3.05) is 11.9 Å². The van der Waals surface area contributed by atoms with E-state index in [1.54, 1.807) is 12.3 Å². The lowest BCUT2D eigenvalue weighted by molar-refractivity contribution is -0.134. The van der Waals surface area contributed by atoms with Crippen molar-refractivity contribution >= 4 is 33.2 Å². The highest BCUT2D eigenvalue weighted by atomic mass is 32.1. The van der Waals surface area contributed by atoms with Crippen molar-refractivity contribution in [3.8, 4) is 0 Å². The number of pyridine rings is 1. The Hall–Kier alpha value is -1.62. The molecule has 0 saturated carbocycles. The number of hydrogen-bond donors (Lipinski definition) is 2. The van der Waals surface area contributed by atoms with Crippen LogP contribution in [0.1, 0.15) is 0 Å². The Morgan fingerprint density at radius 1 is 1.57 bits per heavy atom. The van der Waals surface area contributed by atoms with Crippen LogP contribution in [0.4, 0.5) is 5.69 Å². The monoisotopic (exact) mass is 208 g/mol. The van der Waals surface area contributed by atoms with Gasteiger partial charge in [0.05, 0.1) is 0 Å². The highest BCUT2D eigenvalue weighted by Gasteiger charge is 2.03. The zero-order valence-corrected chi connectivity index (χ0v) is 8.04. The zero-order valence-electron chi connectivity index (χ0n) is 7.23. The first-order chi connectivity index (χ1) is 6.77. The molecule has 14 heavy (non-hydrogen) atoms. The molecular formula is C9H8N2O2S. The first kappa shape index (κ1) is 8.96. The van der Waals surface area contributed by atoms with Crippen LogP contribution in [0.25, 0.3) is 10.2 Å². The van der Waals surface area contributed by atoms with E-state index in [1.807, 2.05) is 11.4 Å². The van der Waals surface area contributed by atoms with Gasteiger partial charge in [-0.2, -0.15) is 0 Å². The van der Waals surface area contributed by atoms with Crippen LogP contribution >= 0.6 is 11.3 Å². The molecule has 2 heterocycles. The fourth-order valence-electron chi connectivity index (χ4n) is 1.20. The second-order valence-corrected chi connectivity index (χ2v) is 3.64. The maximum Gasteiger partial charge on any atom is 0.322 e. The van der Waals surface area contributed by atoms with E-state index < -0.39 is 5.97 Å². The first-order valence-electron chi connectivity index (χ1n) is 4.05. The molecule has 0 bridgehead atoms. The molecular weight excluding hydrogens is 200 g/mol. The maximum absolute atomic E-state index is 10.4. The van der Waals surface area contributed by atoms with Crippen molar-refractivity contribution < 1.29 is 9.90 Å². The van der Waals surface area contributed by atoms with Crippen LogP contribution < -0.4 is 5.32 Å². The van der Waals surface area contributed by atoms with Crippen LogP contribution in [0.2, 0.25) is 0 Å². The molecule has 2 aromatic heterocycles. The largest absolute Gasteiger partial charge is 0.480 e. The average molecular weight is 208 g/mol. The number of fused-ring (bicyclic) bond motifs is 1. The summed E-state index contributed by atoms with van der Waals surface area (Å²) in [7, 11) is 0. The van der Waals surface area contributed by atoms with Crippen molar-refractivity contribution in [2.24, 2.45) is 0 Å². The number of carboxylic acid groups (broad SMARTS) is 1. The van der Waals surface area contributed by atoms with Gasteiger partial charge < -0.3 is 10.4 Å². The smallest absolute Gasteiger partial charge is 0.322 e. The van der Waals surface area contributed by atoms with Gasteiger partial charge in [-0.15, -0.1) is 11.3 Å². The Morgan fingerprint density at radius 2 is 2.43 bits per heavy atom. The van der Waals surface area contributed by atoms with Crippen molar-refractivity contribution in [3.05, 3.63) is 23.7 Å². The van der Waals surface area contributed by atoms with Crippen molar-refractivity contribution in [3.63, 3.8) is 0 Å². The van der Waals surface area contributed by atoms with E-state index in [0.29, 0.717) is 0 Å². The molecule has 0 atom stereocenters. The summed E-state index contributed by atoms with van der Waals surface area (Å²) in [5.74, 6) is -0.870. The van der Waals surface area contributed by atoms with Crippen molar-refractivity contribution in [1.82, 2.24) is 4.98 Å². The second kappa shape index (κ2) is 3.63. The number of anilines is 1. The lowest BCUT2D eigenvalue weighted by Crippen LogP contribution is -2.12. The minimum absolute atomic E-state index is 0.0744. The standard InChI is InChI=1S/C9H8N2O2S/c12-8(13)5-11-7-1-3-10-9-6(7)2-4-14-9/h1-4H,5H2,(H,10,11)(H,12,13). The molecule has 0 unspecified atom stereocenters. The van der Waals surface area contributed by atoms with Gasteiger partial charge >= 0.3 is 5.97 Å². The van der Waals surface area contributed by atoms with Crippen molar-refractivity contribution in [1.29, 1.82) is 0 Å². The quantitative estimate of drug-likeness (QED) is 0.807. The van der Waals surface area contributed by atoms with Gasteiger partial charge in [0.15, 0.2) is 0 Å². The number of thiophene rings is 1. The lowest BCUT2D eigenvalue weighted by Gasteiger charge is -2.03. The number of hydrogen-bond acceptors (Lipinski definition) is 4. The fraction of sp³-hybridized carbons (Fsp3) is 0.111. The van der Waals surface area contributed by atoms with Crippen LogP contribution in [-0.2, 0) is 4.79 Å². The maximum atomic E-state index is 10.4. The van der Waals surface area contributed by atoms with Gasteiger partial charge in [0.2, 0.25) is 0 Å². The summed E-state index contributed by atoms with van der Waals surface area (Å²) < 4.78 is 0. The molecule has 5 heteroatoms. The Bertz CT molecular complexity index is 467.